The van der Waals surface area contributed by atoms with Crippen LogP contribution < -0.4 is 11.1 Å². The third kappa shape index (κ3) is 3.55. The van der Waals surface area contributed by atoms with Crippen LogP contribution in [0, 0.1) is 0 Å². The highest BCUT2D eigenvalue weighted by Gasteiger charge is 2.11. The van der Waals surface area contributed by atoms with Gasteiger partial charge < -0.3 is 11.1 Å². The van der Waals surface area contributed by atoms with E-state index in [9.17, 15) is 4.79 Å². The van der Waals surface area contributed by atoms with E-state index in [2.05, 4.69) is 20.5 Å². The maximum Gasteiger partial charge on any atom is 0.255 e. The Morgan fingerprint density at radius 2 is 1.96 bits per heavy atom. The number of nitrogens with zero attached hydrogens (tertiary/aromatic N) is 2. The number of fused-ring (bicyclic) bond motifs is 1. The summed E-state index contributed by atoms with van der Waals surface area (Å²) in [5.41, 5.74) is 10.1. The van der Waals surface area contributed by atoms with Gasteiger partial charge in [0.05, 0.1) is 22.6 Å². The molecule has 0 fully saturated rings. The van der Waals surface area contributed by atoms with Crippen molar-refractivity contribution >= 4 is 40.3 Å². The van der Waals surface area contributed by atoms with Gasteiger partial charge in [-0.3, -0.25) is 14.9 Å². The zero-order valence-electron chi connectivity index (χ0n) is 14.4. The summed E-state index contributed by atoms with van der Waals surface area (Å²) in [6, 6.07) is 16.4. The maximum atomic E-state index is 12.6. The number of hydrogen-bond donors (Lipinski definition) is 3. The highest BCUT2D eigenvalue weighted by atomic mass is 16.1. The zero-order valence-corrected chi connectivity index (χ0v) is 14.4. The molecule has 27 heavy (non-hydrogen) atoms. The lowest BCUT2D eigenvalue weighted by molar-refractivity contribution is 0.102. The van der Waals surface area contributed by atoms with Crippen LogP contribution in [0.3, 0.4) is 0 Å². The van der Waals surface area contributed by atoms with Crippen LogP contribution in [0.15, 0.2) is 67.0 Å². The minimum atomic E-state index is -0.224. The van der Waals surface area contributed by atoms with Crippen LogP contribution in [0.5, 0.6) is 0 Å². The second kappa shape index (κ2) is 7.13. The molecule has 2 aromatic heterocycles. The molecular formula is C21H17N5O. The number of benzene rings is 2. The van der Waals surface area contributed by atoms with Crippen LogP contribution in [0.1, 0.15) is 21.6 Å². The van der Waals surface area contributed by atoms with Gasteiger partial charge in [0.2, 0.25) is 0 Å². The summed E-state index contributed by atoms with van der Waals surface area (Å²) >= 11 is 0. The molecular weight excluding hydrogens is 338 g/mol. The number of carbonyl (C=O) groups is 1. The van der Waals surface area contributed by atoms with E-state index in [4.69, 9.17) is 5.73 Å². The molecule has 6 heteroatoms. The van der Waals surface area contributed by atoms with Crippen LogP contribution in [0.2, 0.25) is 0 Å². The number of H-pyrrole nitrogens is 1. The molecule has 0 unspecified atom stereocenters. The maximum absolute atomic E-state index is 12.6. The fourth-order valence-corrected chi connectivity index (χ4v) is 2.76. The second-order valence-corrected chi connectivity index (χ2v) is 6.03. The Balaban J connectivity index is 1.62. The number of amides is 1. The molecule has 4 aromatic rings. The van der Waals surface area contributed by atoms with Gasteiger partial charge in [0.15, 0.2) is 0 Å². The molecule has 0 atom stereocenters. The van der Waals surface area contributed by atoms with E-state index in [0.717, 1.165) is 22.2 Å². The van der Waals surface area contributed by atoms with Crippen molar-refractivity contribution in [2.75, 3.05) is 11.1 Å². The van der Waals surface area contributed by atoms with Crippen LogP contribution in [0.4, 0.5) is 11.4 Å². The van der Waals surface area contributed by atoms with Gasteiger partial charge >= 0.3 is 0 Å². The molecule has 0 aliphatic rings. The van der Waals surface area contributed by atoms with Crippen molar-refractivity contribution in [3.05, 3.63) is 83.8 Å². The van der Waals surface area contributed by atoms with Crippen molar-refractivity contribution in [2.24, 2.45) is 0 Å². The van der Waals surface area contributed by atoms with Crippen molar-refractivity contribution in [2.45, 2.75) is 0 Å². The van der Waals surface area contributed by atoms with E-state index in [1.54, 1.807) is 30.6 Å². The highest BCUT2D eigenvalue weighted by Crippen LogP contribution is 2.22. The van der Waals surface area contributed by atoms with E-state index in [1.807, 2.05) is 48.6 Å². The van der Waals surface area contributed by atoms with Gasteiger partial charge in [-0.05, 0) is 48.0 Å². The van der Waals surface area contributed by atoms with Crippen molar-refractivity contribution in [1.82, 2.24) is 15.2 Å². The topological polar surface area (TPSA) is 96.7 Å². The van der Waals surface area contributed by atoms with Crippen molar-refractivity contribution in [3.63, 3.8) is 0 Å². The summed E-state index contributed by atoms with van der Waals surface area (Å²) in [5.74, 6) is -0.224. The predicted octanol–water partition coefficient (Wildman–Crippen LogP) is 3.96. The van der Waals surface area contributed by atoms with Crippen molar-refractivity contribution in [1.29, 1.82) is 0 Å². The Labute approximate surface area is 155 Å². The fraction of sp³-hybridized carbons (Fsp3) is 0. The predicted molar refractivity (Wildman–Crippen MR) is 108 cm³/mol. The molecule has 0 aliphatic carbocycles. The Bertz CT molecular complexity index is 1130. The standard InChI is InChI=1S/C21H17N5O/c22-17-5-1-2-6-20(17)24-21(27)15-8-10-19-16(12-15)18(25-26-19)9-7-14-4-3-11-23-13-14/h1-13H,22H2,(H,24,27)(H,25,26)/b9-7+. The van der Waals surface area contributed by atoms with E-state index in [0.29, 0.717) is 16.9 Å². The summed E-state index contributed by atoms with van der Waals surface area (Å²) in [7, 11) is 0. The summed E-state index contributed by atoms with van der Waals surface area (Å²) in [5, 5.41) is 11.0. The molecule has 6 nitrogen and oxygen atoms in total. The summed E-state index contributed by atoms with van der Waals surface area (Å²) in [4.78, 5) is 16.7. The van der Waals surface area contributed by atoms with E-state index < -0.39 is 0 Å². The number of carbonyl (C=O) groups excluding carboxylic acids is 1. The number of aromatic amines is 1. The van der Waals surface area contributed by atoms with Crippen LogP contribution in [-0.2, 0) is 0 Å². The number of nitrogen functional groups attached to an aromatic ring is 1. The number of aromatic nitrogens is 3. The monoisotopic (exact) mass is 355 g/mol. The van der Waals surface area contributed by atoms with E-state index in [1.165, 1.54) is 0 Å². The Morgan fingerprint density at radius 1 is 1.07 bits per heavy atom. The number of nitrogens with two attached hydrogens (primary N) is 1. The molecule has 0 radical (unpaired) electrons. The molecule has 0 saturated carbocycles. The molecule has 0 spiro atoms. The Kier molecular flexibility index (Phi) is 4.37. The number of rotatable bonds is 4. The quantitative estimate of drug-likeness (QED) is 0.483. The van der Waals surface area contributed by atoms with Gasteiger partial charge in [-0.2, -0.15) is 5.10 Å². The molecule has 4 N–H and O–H groups in total. The first-order chi connectivity index (χ1) is 13.2. The minimum Gasteiger partial charge on any atom is -0.397 e. The van der Waals surface area contributed by atoms with Gasteiger partial charge in [0.1, 0.15) is 0 Å². The summed E-state index contributed by atoms with van der Waals surface area (Å²) in [6.07, 6.45) is 7.33. The SMILES string of the molecule is Nc1ccccc1NC(=O)c1ccc2[nH]nc(/C=C/c3cccnc3)c2c1. The second-order valence-electron chi connectivity index (χ2n) is 6.03. The smallest absolute Gasteiger partial charge is 0.255 e. The molecule has 132 valence electrons. The first-order valence-corrected chi connectivity index (χ1v) is 8.43. The number of nitrogens with one attached hydrogen (secondary N) is 2. The lowest BCUT2D eigenvalue weighted by atomic mass is 10.1. The first-order valence-electron chi connectivity index (χ1n) is 8.43. The molecule has 0 saturated heterocycles. The van der Waals surface area contributed by atoms with Gasteiger partial charge in [-0.25, -0.2) is 0 Å². The van der Waals surface area contributed by atoms with Gasteiger partial charge in [-0.15, -0.1) is 0 Å². The molecule has 1 amide bonds. The lowest BCUT2D eigenvalue weighted by Gasteiger charge is -2.08. The Morgan fingerprint density at radius 3 is 2.78 bits per heavy atom. The summed E-state index contributed by atoms with van der Waals surface area (Å²) in [6.45, 7) is 0. The highest BCUT2D eigenvalue weighted by molar-refractivity contribution is 6.08. The third-order valence-corrected chi connectivity index (χ3v) is 4.18. The Hall–Kier alpha value is -3.93. The number of hydrogen-bond acceptors (Lipinski definition) is 4. The third-order valence-electron chi connectivity index (χ3n) is 4.18. The van der Waals surface area contributed by atoms with Gasteiger partial charge in [0, 0.05) is 23.3 Å². The van der Waals surface area contributed by atoms with E-state index >= 15 is 0 Å². The average molecular weight is 355 g/mol. The molecule has 0 bridgehead atoms. The number of para-hydroxylation sites is 2. The zero-order chi connectivity index (χ0) is 18.6. The molecule has 0 aliphatic heterocycles. The van der Waals surface area contributed by atoms with E-state index in [-0.39, 0.29) is 5.91 Å². The van der Waals surface area contributed by atoms with Crippen LogP contribution in [-0.4, -0.2) is 21.1 Å². The lowest BCUT2D eigenvalue weighted by Crippen LogP contribution is -2.13. The van der Waals surface area contributed by atoms with Crippen LogP contribution in [0.25, 0.3) is 23.1 Å². The van der Waals surface area contributed by atoms with Crippen molar-refractivity contribution in [3.8, 4) is 0 Å². The van der Waals surface area contributed by atoms with Crippen molar-refractivity contribution < 1.29 is 4.79 Å². The number of pyridine rings is 1. The van der Waals surface area contributed by atoms with Gasteiger partial charge in [0.25, 0.3) is 5.91 Å². The molecule has 2 heterocycles. The van der Waals surface area contributed by atoms with Gasteiger partial charge in [-0.1, -0.05) is 24.3 Å². The average Bonchev–Trinajstić information content (AvgIpc) is 3.11. The summed E-state index contributed by atoms with van der Waals surface area (Å²) < 4.78 is 0. The molecule has 4 rings (SSSR count). The normalized spacial score (nSPS) is 11.1. The van der Waals surface area contributed by atoms with Crippen LogP contribution >= 0.6 is 0 Å². The molecule has 2 aromatic carbocycles. The number of anilines is 2. The minimum absolute atomic E-state index is 0.224. The first kappa shape index (κ1) is 16.5. The largest absolute Gasteiger partial charge is 0.397 e. The fourth-order valence-electron chi connectivity index (χ4n) is 2.76.